The molecule has 0 radical (unpaired) electrons. The highest BCUT2D eigenvalue weighted by Gasteiger charge is 2.19. The number of nitrogens with zero attached hydrogens (tertiary/aromatic N) is 2. The minimum absolute atomic E-state index is 0.336. The Morgan fingerprint density at radius 3 is 2.67 bits per heavy atom. The van der Waals surface area contributed by atoms with Crippen LogP contribution in [0.2, 0.25) is 0 Å². The van der Waals surface area contributed by atoms with E-state index in [0.717, 1.165) is 36.6 Å². The molecule has 3 rings (SSSR count). The van der Waals surface area contributed by atoms with Crippen molar-refractivity contribution in [3.05, 3.63) is 58.7 Å². The van der Waals surface area contributed by atoms with E-state index in [1.54, 1.807) is 0 Å². The molecule has 0 fully saturated rings. The van der Waals surface area contributed by atoms with Gasteiger partial charge in [0.2, 0.25) is 0 Å². The number of fused-ring (bicyclic) bond motifs is 1. The maximum atomic E-state index is 13.2. The Balaban J connectivity index is 1.81. The molecule has 1 aliphatic rings. The van der Waals surface area contributed by atoms with Crippen molar-refractivity contribution in [2.24, 2.45) is 11.7 Å². The number of benzene rings is 1. The molecule has 5 heteroatoms. The second kappa shape index (κ2) is 5.85. The SMILES string of the molecule is NCC1CCc2nc(Cc3cc(F)cc(F)c3)ncc2C1. The molecule has 0 saturated heterocycles. The Morgan fingerprint density at radius 2 is 1.95 bits per heavy atom. The first-order chi connectivity index (χ1) is 10.1. The Kier molecular flexibility index (Phi) is 3.92. The molecule has 1 unspecified atom stereocenters. The fourth-order valence-corrected chi connectivity index (χ4v) is 2.81. The lowest BCUT2D eigenvalue weighted by atomic mass is 9.87. The minimum atomic E-state index is -0.575. The summed E-state index contributed by atoms with van der Waals surface area (Å²) in [5.41, 5.74) is 8.44. The molecule has 21 heavy (non-hydrogen) atoms. The van der Waals surface area contributed by atoms with Crippen molar-refractivity contribution < 1.29 is 8.78 Å². The molecule has 0 spiro atoms. The van der Waals surface area contributed by atoms with Crippen molar-refractivity contribution in [1.29, 1.82) is 0 Å². The van der Waals surface area contributed by atoms with Gasteiger partial charge in [0.05, 0.1) is 0 Å². The minimum Gasteiger partial charge on any atom is -0.330 e. The lowest BCUT2D eigenvalue weighted by Crippen LogP contribution is -2.23. The molecule has 3 nitrogen and oxygen atoms in total. The molecule has 1 aromatic carbocycles. The average molecular weight is 289 g/mol. The number of hydrogen-bond acceptors (Lipinski definition) is 3. The summed E-state index contributed by atoms with van der Waals surface area (Å²) in [5.74, 6) is -0.0447. The average Bonchev–Trinajstić information content (AvgIpc) is 2.45. The largest absolute Gasteiger partial charge is 0.330 e. The van der Waals surface area contributed by atoms with Gasteiger partial charge in [-0.3, -0.25) is 0 Å². The molecule has 2 aromatic rings. The normalized spacial score (nSPS) is 17.6. The van der Waals surface area contributed by atoms with Crippen LogP contribution in [0, 0.1) is 17.6 Å². The van der Waals surface area contributed by atoms with Gasteiger partial charge in [0.1, 0.15) is 17.5 Å². The number of halogens is 2. The lowest BCUT2D eigenvalue weighted by Gasteiger charge is -2.22. The molecule has 0 bridgehead atoms. The van der Waals surface area contributed by atoms with E-state index in [1.165, 1.54) is 12.1 Å². The van der Waals surface area contributed by atoms with Gasteiger partial charge in [0.25, 0.3) is 0 Å². The second-order valence-corrected chi connectivity index (χ2v) is 5.56. The molecular formula is C16H17F2N3. The van der Waals surface area contributed by atoms with E-state index < -0.39 is 11.6 Å². The highest BCUT2D eigenvalue weighted by molar-refractivity contribution is 5.25. The highest BCUT2D eigenvalue weighted by atomic mass is 19.1. The maximum absolute atomic E-state index is 13.2. The molecule has 0 aliphatic heterocycles. The maximum Gasteiger partial charge on any atom is 0.132 e. The van der Waals surface area contributed by atoms with E-state index in [4.69, 9.17) is 5.73 Å². The van der Waals surface area contributed by atoms with Gasteiger partial charge in [0.15, 0.2) is 0 Å². The Labute approximate surface area is 122 Å². The predicted molar refractivity (Wildman–Crippen MR) is 75.8 cm³/mol. The first-order valence-electron chi connectivity index (χ1n) is 7.12. The van der Waals surface area contributed by atoms with Crippen LogP contribution in [0.25, 0.3) is 0 Å². The van der Waals surface area contributed by atoms with E-state index in [2.05, 4.69) is 9.97 Å². The summed E-state index contributed by atoms with van der Waals surface area (Å²) in [6, 6.07) is 3.50. The van der Waals surface area contributed by atoms with Crippen LogP contribution in [0.5, 0.6) is 0 Å². The fourth-order valence-electron chi connectivity index (χ4n) is 2.81. The molecule has 2 N–H and O–H groups in total. The third-order valence-electron chi connectivity index (χ3n) is 3.92. The van der Waals surface area contributed by atoms with E-state index in [9.17, 15) is 8.78 Å². The summed E-state index contributed by atoms with van der Waals surface area (Å²) < 4.78 is 26.4. The van der Waals surface area contributed by atoms with Crippen LogP contribution in [0.1, 0.15) is 29.1 Å². The smallest absolute Gasteiger partial charge is 0.132 e. The van der Waals surface area contributed by atoms with E-state index in [1.807, 2.05) is 6.20 Å². The molecule has 0 saturated carbocycles. The van der Waals surface area contributed by atoms with Gasteiger partial charge in [-0.1, -0.05) is 0 Å². The zero-order chi connectivity index (χ0) is 14.8. The standard InChI is InChI=1S/C16H17F2N3/c17-13-4-11(5-14(18)7-13)6-16-20-9-12-3-10(8-19)1-2-15(12)21-16/h4-5,7,9-10H,1-3,6,8,19H2. The summed E-state index contributed by atoms with van der Waals surface area (Å²) >= 11 is 0. The molecule has 1 aliphatic carbocycles. The van der Waals surface area contributed by atoms with Crippen molar-refractivity contribution in [3.8, 4) is 0 Å². The summed E-state index contributed by atoms with van der Waals surface area (Å²) in [7, 11) is 0. The van der Waals surface area contributed by atoms with Gasteiger partial charge >= 0.3 is 0 Å². The first kappa shape index (κ1) is 14.1. The van der Waals surface area contributed by atoms with Crippen LogP contribution in [0.15, 0.2) is 24.4 Å². The monoisotopic (exact) mass is 289 g/mol. The number of aryl methyl sites for hydroxylation is 1. The zero-order valence-corrected chi connectivity index (χ0v) is 11.6. The van der Waals surface area contributed by atoms with Gasteiger partial charge in [-0.25, -0.2) is 18.7 Å². The number of rotatable bonds is 3. The lowest BCUT2D eigenvalue weighted by molar-refractivity contribution is 0.460. The predicted octanol–water partition coefficient (Wildman–Crippen LogP) is 2.41. The number of hydrogen-bond donors (Lipinski definition) is 1. The van der Waals surface area contributed by atoms with Crippen LogP contribution >= 0.6 is 0 Å². The highest BCUT2D eigenvalue weighted by Crippen LogP contribution is 2.23. The van der Waals surface area contributed by atoms with E-state index in [0.29, 0.717) is 30.3 Å². The van der Waals surface area contributed by atoms with Gasteiger partial charge in [-0.2, -0.15) is 0 Å². The van der Waals surface area contributed by atoms with Crippen molar-refractivity contribution in [2.75, 3.05) is 6.54 Å². The zero-order valence-electron chi connectivity index (χ0n) is 11.6. The summed E-state index contributed by atoms with van der Waals surface area (Å²) in [6.07, 6.45) is 5.01. The van der Waals surface area contributed by atoms with Crippen molar-refractivity contribution >= 4 is 0 Å². The summed E-state index contributed by atoms with van der Waals surface area (Å²) in [5, 5.41) is 0. The van der Waals surface area contributed by atoms with Gasteiger partial charge in [-0.05, 0) is 55.0 Å². The van der Waals surface area contributed by atoms with Crippen LogP contribution in [-0.2, 0) is 19.3 Å². The van der Waals surface area contributed by atoms with Crippen molar-refractivity contribution in [3.63, 3.8) is 0 Å². The molecular weight excluding hydrogens is 272 g/mol. The quantitative estimate of drug-likeness (QED) is 0.944. The third kappa shape index (κ3) is 3.24. The van der Waals surface area contributed by atoms with E-state index in [-0.39, 0.29) is 0 Å². The topological polar surface area (TPSA) is 51.8 Å². The molecule has 110 valence electrons. The van der Waals surface area contributed by atoms with Crippen LogP contribution in [-0.4, -0.2) is 16.5 Å². The Morgan fingerprint density at radius 1 is 1.19 bits per heavy atom. The van der Waals surface area contributed by atoms with Gasteiger partial charge in [-0.15, -0.1) is 0 Å². The van der Waals surface area contributed by atoms with Gasteiger partial charge < -0.3 is 5.73 Å². The number of nitrogens with two attached hydrogens (primary N) is 1. The molecule has 1 heterocycles. The van der Waals surface area contributed by atoms with Gasteiger partial charge in [0, 0.05) is 24.4 Å². The summed E-state index contributed by atoms with van der Waals surface area (Å²) in [6.45, 7) is 0.684. The number of aromatic nitrogens is 2. The Hall–Kier alpha value is -1.88. The van der Waals surface area contributed by atoms with Crippen LogP contribution in [0.3, 0.4) is 0 Å². The van der Waals surface area contributed by atoms with E-state index >= 15 is 0 Å². The van der Waals surface area contributed by atoms with Crippen molar-refractivity contribution in [1.82, 2.24) is 9.97 Å². The van der Waals surface area contributed by atoms with Crippen LogP contribution < -0.4 is 5.73 Å². The van der Waals surface area contributed by atoms with Crippen LogP contribution in [0.4, 0.5) is 8.78 Å². The first-order valence-corrected chi connectivity index (χ1v) is 7.12. The second-order valence-electron chi connectivity index (χ2n) is 5.56. The summed E-state index contributed by atoms with van der Waals surface area (Å²) in [4.78, 5) is 8.86. The molecule has 1 aromatic heterocycles. The van der Waals surface area contributed by atoms with Crippen molar-refractivity contribution in [2.45, 2.75) is 25.7 Å². The fraction of sp³-hybridized carbons (Fsp3) is 0.375. The third-order valence-corrected chi connectivity index (χ3v) is 3.92. The molecule has 1 atom stereocenters. The molecule has 0 amide bonds. The Bertz CT molecular complexity index is 638.